The first-order chi connectivity index (χ1) is 16.4. The van der Waals surface area contributed by atoms with Crippen LogP contribution in [-0.4, -0.2) is 50.0 Å². The van der Waals surface area contributed by atoms with Crippen molar-refractivity contribution in [3.63, 3.8) is 0 Å². The number of sulfonamides is 1. The summed E-state index contributed by atoms with van der Waals surface area (Å²) in [5, 5.41) is 2.85. The van der Waals surface area contributed by atoms with Gasteiger partial charge in [-0.1, -0.05) is 37.3 Å². The molecule has 192 valence electrons. The third-order valence-corrected chi connectivity index (χ3v) is 6.55. The van der Waals surface area contributed by atoms with Gasteiger partial charge in [-0.2, -0.15) is 0 Å². The van der Waals surface area contributed by atoms with Gasteiger partial charge in [-0.15, -0.1) is 0 Å². The Kier molecular flexibility index (Phi) is 10.2. The number of anilines is 1. The zero-order valence-electron chi connectivity index (χ0n) is 20.5. The quantitative estimate of drug-likeness (QED) is 0.471. The van der Waals surface area contributed by atoms with Gasteiger partial charge in [-0.3, -0.25) is 13.9 Å². The van der Waals surface area contributed by atoms with E-state index in [1.165, 1.54) is 11.0 Å². The van der Waals surface area contributed by atoms with Gasteiger partial charge in [-0.25, -0.2) is 17.2 Å². The van der Waals surface area contributed by atoms with Crippen LogP contribution in [0.3, 0.4) is 0 Å². The molecule has 2 amide bonds. The molecule has 0 heterocycles. The highest BCUT2D eigenvalue weighted by molar-refractivity contribution is 7.92. The van der Waals surface area contributed by atoms with Crippen molar-refractivity contribution in [1.29, 1.82) is 0 Å². The maximum Gasteiger partial charge on any atom is 0.243 e. The van der Waals surface area contributed by atoms with Crippen molar-refractivity contribution >= 4 is 27.5 Å². The lowest BCUT2D eigenvalue weighted by atomic mass is 10.1. The third-order valence-electron chi connectivity index (χ3n) is 5.36. The van der Waals surface area contributed by atoms with Crippen molar-refractivity contribution in [1.82, 2.24) is 10.2 Å². The van der Waals surface area contributed by atoms with Crippen LogP contribution in [0.15, 0.2) is 48.5 Å². The molecule has 0 aliphatic rings. The van der Waals surface area contributed by atoms with E-state index < -0.39 is 27.7 Å². The standard InChI is InChI=1S/C25H33F2N3O4S/c1-5-23(25(32)28-18(2)3)29(17-19-10-7-6-8-11-19)24(31)12-9-15-30(35(4,33)34)20-13-14-21(26)22(27)16-20/h6-8,10-11,13-14,16,18,23H,5,9,12,15,17H2,1-4H3,(H,28,32)/t23-/m0/s1. The molecular weight excluding hydrogens is 476 g/mol. The Labute approximate surface area is 206 Å². The minimum atomic E-state index is -3.81. The fourth-order valence-electron chi connectivity index (χ4n) is 3.72. The number of hydrogen-bond acceptors (Lipinski definition) is 4. The van der Waals surface area contributed by atoms with Gasteiger partial charge in [-0.05, 0) is 44.4 Å². The highest BCUT2D eigenvalue weighted by atomic mass is 32.2. The van der Waals surface area contributed by atoms with Gasteiger partial charge < -0.3 is 10.2 Å². The van der Waals surface area contributed by atoms with E-state index in [2.05, 4.69) is 5.32 Å². The summed E-state index contributed by atoms with van der Waals surface area (Å²) in [7, 11) is -3.81. The van der Waals surface area contributed by atoms with E-state index in [-0.39, 0.29) is 49.5 Å². The van der Waals surface area contributed by atoms with Crippen LogP contribution >= 0.6 is 0 Å². The Bertz CT molecular complexity index is 1110. The Balaban J connectivity index is 2.20. The summed E-state index contributed by atoms with van der Waals surface area (Å²) in [5.41, 5.74) is 0.832. The van der Waals surface area contributed by atoms with Gasteiger partial charge in [0.15, 0.2) is 11.6 Å². The first kappa shape index (κ1) is 28.2. The van der Waals surface area contributed by atoms with E-state index in [4.69, 9.17) is 0 Å². The summed E-state index contributed by atoms with van der Waals surface area (Å²) in [5.74, 6) is -2.81. The molecule has 0 aliphatic heterocycles. The highest BCUT2D eigenvalue weighted by Gasteiger charge is 2.29. The maximum atomic E-state index is 13.7. The molecule has 35 heavy (non-hydrogen) atoms. The summed E-state index contributed by atoms with van der Waals surface area (Å²) in [4.78, 5) is 27.6. The summed E-state index contributed by atoms with van der Waals surface area (Å²) in [6.45, 7) is 5.62. The Morgan fingerprint density at radius 2 is 1.69 bits per heavy atom. The Morgan fingerprint density at radius 1 is 1.03 bits per heavy atom. The van der Waals surface area contributed by atoms with E-state index >= 15 is 0 Å². The largest absolute Gasteiger partial charge is 0.352 e. The number of rotatable bonds is 12. The van der Waals surface area contributed by atoms with Gasteiger partial charge in [0.2, 0.25) is 21.8 Å². The number of benzene rings is 2. The van der Waals surface area contributed by atoms with E-state index in [1.807, 2.05) is 51.1 Å². The summed E-state index contributed by atoms with van der Waals surface area (Å²) >= 11 is 0. The van der Waals surface area contributed by atoms with Crippen molar-refractivity contribution < 1.29 is 26.8 Å². The second kappa shape index (κ2) is 12.6. The van der Waals surface area contributed by atoms with Crippen molar-refractivity contribution in [2.24, 2.45) is 0 Å². The molecule has 2 aromatic rings. The lowest BCUT2D eigenvalue weighted by molar-refractivity contribution is -0.141. The zero-order valence-corrected chi connectivity index (χ0v) is 21.3. The molecule has 0 aliphatic carbocycles. The van der Waals surface area contributed by atoms with E-state index in [0.29, 0.717) is 6.42 Å². The minimum absolute atomic E-state index is 0.0252. The molecule has 7 nitrogen and oxygen atoms in total. The summed E-state index contributed by atoms with van der Waals surface area (Å²) < 4.78 is 52.5. The predicted octanol–water partition coefficient (Wildman–Crippen LogP) is 3.84. The van der Waals surface area contributed by atoms with Crippen LogP contribution in [0.25, 0.3) is 0 Å². The van der Waals surface area contributed by atoms with Crippen molar-refractivity contribution in [3.05, 3.63) is 65.7 Å². The van der Waals surface area contributed by atoms with Crippen LogP contribution in [0.1, 0.15) is 45.6 Å². The monoisotopic (exact) mass is 509 g/mol. The molecule has 0 bridgehead atoms. The van der Waals surface area contributed by atoms with Crippen LogP contribution < -0.4 is 9.62 Å². The smallest absolute Gasteiger partial charge is 0.243 e. The summed E-state index contributed by atoms with van der Waals surface area (Å²) in [6.07, 6.45) is 1.45. The number of amides is 2. The molecule has 0 spiro atoms. The Hall–Kier alpha value is -3.01. The molecular formula is C25H33F2N3O4S. The van der Waals surface area contributed by atoms with Crippen LogP contribution in [0.4, 0.5) is 14.5 Å². The molecule has 0 aromatic heterocycles. The van der Waals surface area contributed by atoms with Gasteiger partial charge in [0.05, 0.1) is 11.9 Å². The van der Waals surface area contributed by atoms with Gasteiger partial charge >= 0.3 is 0 Å². The fourth-order valence-corrected chi connectivity index (χ4v) is 4.68. The number of nitrogens with one attached hydrogen (secondary N) is 1. The maximum absolute atomic E-state index is 13.7. The van der Waals surface area contributed by atoms with Crippen LogP contribution in [0, 0.1) is 11.6 Å². The SMILES string of the molecule is CC[C@@H](C(=O)NC(C)C)N(Cc1ccccc1)C(=O)CCCN(c1ccc(F)c(F)c1)S(C)(=O)=O. The Morgan fingerprint density at radius 3 is 2.23 bits per heavy atom. The predicted molar refractivity (Wildman–Crippen MR) is 132 cm³/mol. The molecule has 1 atom stereocenters. The van der Waals surface area contributed by atoms with Crippen LogP contribution in [0.2, 0.25) is 0 Å². The molecule has 0 saturated heterocycles. The lowest BCUT2D eigenvalue weighted by Gasteiger charge is -2.31. The van der Waals surface area contributed by atoms with Gasteiger partial charge in [0, 0.05) is 31.6 Å². The molecule has 0 unspecified atom stereocenters. The molecule has 2 rings (SSSR count). The van der Waals surface area contributed by atoms with Crippen molar-refractivity contribution in [3.8, 4) is 0 Å². The number of carbonyl (C=O) groups is 2. The second-order valence-corrected chi connectivity index (χ2v) is 10.5. The van der Waals surface area contributed by atoms with E-state index in [9.17, 15) is 26.8 Å². The molecule has 0 saturated carbocycles. The number of halogens is 2. The fraction of sp³-hybridized carbons (Fsp3) is 0.440. The molecule has 0 radical (unpaired) electrons. The molecule has 10 heteroatoms. The third kappa shape index (κ3) is 8.31. The highest BCUT2D eigenvalue weighted by Crippen LogP contribution is 2.22. The van der Waals surface area contributed by atoms with E-state index in [1.54, 1.807) is 0 Å². The first-order valence-corrected chi connectivity index (χ1v) is 13.3. The summed E-state index contributed by atoms with van der Waals surface area (Å²) in [6, 6.07) is 11.3. The second-order valence-electron chi connectivity index (χ2n) is 8.63. The molecule has 2 aromatic carbocycles. The zero-order chi connectivity index (χ0) is 26.2. The normalized spacial score (nSPS) is 12.3. The topological polar surface area (TPSA) is 86.8 Å². The van der Waals surface area contributed by atoms with Crippen LogP contribution in [0.5, 0.6) is 0 Å². The average molecular weight is 510 g/mol. The average Bonchev–Trinajstić information content (AvgIpc) is 2.78. The van der Waals surface area contributed by atoms with Crippen molar-refractivity contribution in [2.75, 3.05) is 17.1 Å². The number of carbonyl (C=O) groups excluding carboxylic acids is 2. The molecule has 0 fully saturated rings. The first-order valence-electron chi connectivity index (χ1n) is 11.5. The number of hydrogen-bond donors (Lipinski definition) is 1. The lowest BCUT2D eigenvalue weighted by Crippen LogP contribution is -2.50. The molecule has 1 N–H and O–H groups in total. The number of nitrogens with zero attached hydrogens (tertiary/aromatic N) is 2. The van der Waals surface area contributed by atoms with Gasteiger partial charge in [0.25, 0.3) is 0 Å². The van der Waals surface area contributed by atoms with Crippen LogP contribution in [-0.2, 0) is 26.2 Å². The van der Waals surface area contributed by atoms with Crippen molar-refractivity contribution in [2.45, 2.75) is 58.7 Å². The minimum Gasteiger partial charge on any atom is -0.352 e. The van der Waals surface area contributed by atoms with Gasteiger partial charge in [0.1, 0.15) is 6.04 Å². The van der Waals surface area contributed by atoms with E-state index in [0.717, 1.165) is 28.3 Å².